The lowest BCUT2D eigenvalue weighted by Crippen LogP contribution is -2.44. The van der Waals surface area contributed by atoms with Crippen molar-refractivity contribution in [3.63, 3.8) is 0 Å². The molecule has 5 nitrogen and oxygen atoms in total. The van der Waals surface area contributed by atoms with Gasteiger partial charge in [0.2, 0.25) is 0 Å². The molecule has 4 fully saturated rings. The van der Waals surface area contributed by atoms with Crippen LogP contribution < -0.4 is 0 Å². The Hall–Kier alpha value is -0.980. The number of piperidine rings is 1. The number of unbranched alkanes of at least 4 members (excludes halogenated alkanes) is 9. The molecular weight excluding hydrogens is 751 g/mol. The fraction of sp³-hybridized carbons (Fsp3) is 0.893. The third kappa shape index (κ3) is 18.4. The topological polar surface area (TPSA) is 40.2 Å². The van der Waals surface area contributed by atoms with E-state index in [2.05, 4.69) is 69.9 Å². The van der Waals surface area contributed by atoms with Crippen molar-refractivity contribution in [1.29, 1.82) is 0 Å². The highest BCUT2D eigenvalue weighted by Crippen LogP contribution is 2.59. The third-order valence-corrected chi connectivity index (χ3v) is 16.3. The molecule has 61 heavy (non-hydrogen) atoms. The number of ether oxygens (including phenoxy) is 4. The van der Waals surface area contributed by atoms with Crippen LogP contribution in [0, 0.1) is 47.3 Å². The molecule has 0 spiro atoms. The second-order valence-electron chi connectivity index (χ2n) is 21.3. The summed E-state index contributed by atoms with van der Waals surface area (Å²) in [7, 11) is 0. The van der Waals surface area contributed by atoms with Crippen molar-refractivity contribution >= 4 is 0 Å². The average Bonchev–Trinajstić information content (AvgIpc) is 3.71. The molecule has 4 aliphatic carbocycles. The molecule has 0 bridgehead atoms. The molecule has 1 saturated heterocycles. The molecule has 10 atom stereocenters. The minimum Gasteiger partial charge on any atom is -0.379 e. The Morgan fingerprint density at radius 2 is 1.43 bits per heavy atom. The zero-order chi connectivity index (χ0) is 42.9. The summed E-state index contributed by atoms with van der Waals surface area (Å²) in [6, 6.07) is 0.634. The van der Waals surface area contributed by atoms with Crippen molar-refractivity contribution in [1.82, 2.24) is 4.90 Å². The molecule has 0 aromatic rings. The first-order valence-corrected chi connectivity index (χ1v) is 27.1. The van der Waals surface area contributed by atoms with Crippen molar-refractivity contribution in [2.24, 2.45) is 47.3 Å². The summed E-state index contributed by atoms with van der Waals surface area (Å²) < 4.78 is 25.2. The standard InChI is InChI=1S/C56H99NO4/c1-6-7-8-9-10-11-12-13-14-15-16-17-18-19-20-23-37-59-44-50(43-57-36-22-21-27-47(57)5)61-41-39-58-38-40-60-49-29-31-52-48(42-49)28-30-55-54(52)35-34-53-51(32-33-56(53)55)46(4)26-24-25-45(2)3/h10-11,13-14,28,45-47,49-56H,6-9,12,15-27,29-44H2,1-5H3/b11-10-,14-13-/t46-,47+,49+,50?,51-,52?,53?,54?,55?,56?/m1/s1. The van der Waals surface area contributed by atoms with Crippen molar-refractivity contribution < 1.29 is 18.9 Å². The minimum absolute atomic E-state index is 0.108. The Labute approximate surface area is 378 Å². The molecule has 1 heterocycles. The van der Waals surface area contributed by atoms with Gasteiger partial charge in [-0.3, -0.25) is 4.90 Å². The molecule has 0 radical (unpaired) electrons. The number of hydrogen-bond acceptors (Lipinski definition) is 5. The highest BCUT2D eigenvalue weighted by Gasteiger charge is 2.50. The molecule has 352 valence electrons. The second kappa shape index (κ2) is 30.3. The van der Waals surface area contributed by atoms with E-state index in [-0.39, 0.29) is 6.10 Å². The Morgan fingerprint density at radius 1 is 0.672 bits per heavy atom. The van der Waals surface area contributed by atoms with Gasteiger partial charge < -0.3 is 18.9 Å². The van der Waals surface area contributed by atoms with Gasteiger partial charge >= 0.3 is 0 Å². The van der Waals surface area contributed by atoms with Crippen LogP contribution in [0.1, 0.15) is 202 Å². The van der Waals surface area contributed by atoms with Gasteiger partial charge in [0.05, 0.1) is 45.2 Å². The summed E-state index contributed by atoms with van der Waals surface area (Å²) in [6.07, 6.45) is 47.2. The smallest absolute Gasteiger partial charge is 0.0936 e. The fourth-order valence-electron chi connectivity index (χ4n) is 12.7. The first kappa shape index (κ1) is 51.0. The molecule has 3 saturated carbocycles. The number of likely N-dealkylation sites (tertiary alicyclic amines) is 1. The van der Waals surface area contributed by atoms with E-state index in [1.807, 2.05) is 0 Å². The van der Waals surface area contributed by atoms with Gasteiger partial charge in [-0.25, -0.2) is 0 Å². The van der Waals surface area contributed by atoms with Gasteiger partial charge in [0.15, 0.2) is 0 Å². The van der Waals surface area contributed by atoms with E-state index < -0.39 is 0 Å². The number of allylic oxidation sites excluding steroid dienone is 5. The lowest BCUT2D eigenvalue weighted by Gasteiger charge is -2.50. The molecule has 0 aromatic heterocycles. The van der Waals surface area contributed by atoms with Crippen molar-refractivity contribution in [3.8, 4) is 0 Å². The van der Waals surface area contributed by atoms with Gasteiger partial charge in [-0.2, -0.15) is 0 Å². The summed E-state index contributed by atoms with van der Waals surface area (Å²) in [5.74, 6) is 7.55. The maximum absolute atomic E-state index is 6.47. The van der Waals surface area contributed by atoms with E-state index in [1.165, 1.54) is 154 Å². The molecule has 0 N–H and O–H groups in total. The zero-order valence-corrected chi connectivity index (χ0v) is 40.9. The van der Waals surface area contributed by atoms with E-state index in [1.54, 1.807) is 5.57 Å². The van der Waals surface area contributed by atoms with Crippen molar-refractivity contribution in [3.05, 3.63) is 36.0 Å². The zero-order valence-electron chi connectivity index (χ0n) is 40.9. The molecule has 6 unspecified atom stereocenters. The third-order valence-electron chi connectivity index (χ3n) is 16.3. The molecule has 5 aliphatic rings. The Bertz CT molecular complexity index is 1210. The van der Waals surface area contributed by atoms with E-state index in [4.69, 9.17) is 18.9 Å². The highest BCUT2D eigenvalue weighted by molar-refractivity contribution is 5.19. The van der Waals surface area contributed by atoms with Crippen LogP contribution in [0.3, 0.4) is 0 Å². The summed E-state index contributed by atoms with van der Waals surface area (Å²) in [6.45, 7) is 18.3. The van der Waals surface area contributed by atoms with Gasteiger partial charge in [-0.05, 0) is 164 Å². The first-order chi connectivity index (χ1) is 29.9. The largest absolute Gasteiger partial charge is 0.379 e. The number of fused-ring (bicyclic) bond motifs is 5. The predicted octanol–water partition coefficient (Wildman–Crippen LogP) is 14.7. The summed E-state index contributed by atoms with van der Waals surface area (Å²) >= 11 is 0. The second-order valence-corrected chi connectivity index (χ2v) is 21.3. The van der Waals surface area contributed by atoms with E-state index in [0.29, 0.717) is 45.2 Å². The molecule has 0 aromatic carbocycles. The highest BCUT2D eigenvalue weighted by atomic mass is 16.6. The van der Waals surface area contributed by atoms with Crippen LogP contribution in [0.15, 0.2) is 36.0 Å². The molecule has 1 aliphatic heterocycles. The van der Waals surface area contributed by atoms with Gasteiger partial charge in [0.25, 0.3) is 0 Å². The molecular formula is C56H99NO4. The van der Waals surface area contributed by atoms with Crippen LogP contribution in [0.2, 0.25) is 0 Å². The van der Waals surface area contributed by atoms with Crippen LogP contribution in [0.4, 0.5) is 0 Å². The molecule has 0 amide bonds. The monoisotopic (exact) mass is 850 g/mol. The van der Waals surface area contributed by atoms with Gasteiger partial charge in [0, 0.05) is 19.2 Å². The minimum atomic E-state index is 0.108. The maximum atomic E-state index is 6.47. The van der Waals surface area contributed by atoms with E-state index in [0.717, 1.165) is 79.8 Å². The Balaban J connectivity index is 0.895. The predicted molar refractivity (Wildman–Crippen MR) is 259 cm³/mol. The number of rotatable bonds is 32. The number of nitrogens with zero attached hydrogens (tertiary/aromatic N) is 1. The van der Waals surface area contributed by atoms with Crippen molar-refractivity contribution in [2.75, 3.05) is 52.7 Å². The Morgan fingerprint density at radius 3 is 2.23 bits per heavy atom. The lowest BCUT2D eigenvalue weighted by molar-refractivity contribution is -0.0657. The summed E-state index contributed by atoms with van der Waals surface area (Å²) in [4.78, 5) is 2.62. The SMILES string of the molecule is CCCCC/C=C\C/C=C\CCCCCCCCOCC(CN1CCCC[C@@H]1C)OCCOCCO[C@H]1CCC2C(=CCC3C2CCC2C3CC[C@@H]2[C@H](C)CCCC(C)C)C1. The molecule has 5 heteroatoms. The van der Waals surface area contributed by atoms with E-state index in [9.17, 15) is 0 Å². The average molecular weight is 850 g/mol. The van der Waals surface area contributed by atoms with Crippen LogP contribution >= 0.6 is 0 Å². The quantitative estimate of drug-likeness (QED) is 0.0498. The van der Waals surface area contributed by atoms with Crippen LogP contribution in [-0.4, -0.2) is 75.9 Å². The van der Waals surface area contributed by atoms with Crippen molar-refractivity contribution in [2.45, 2.75) is 220 Å². The van der Waals surface area contributed by atoms with Gasteiger partial charge in [-0.15, -0.1) is 0 Å². The summed E-state index contributed by atoms with van der Waals surface area (Å²) in [5.41, 5.74) is 1.75. The van der Waals surface area contributed by atoms with E-state index >= 15 is 0 Å². The van der Waals surface area contributed by atoms with Crippen LogP contribution in [-0.2, 0) is 18.9 Å². The van der Waals surface area contributed by atoms with Crippen LogP contribution in [0.5, 0.6) is 0 Å². The first-order valence-electron chi connectivity index (χ1n) is 27.1. The lowest BCUT2D eigenvalue weighted by atomic mass is 9.56. The Kier molecular flexibility index (Phi) is 25.3. The van der Waals surface area contributed by atoms with Gasteiger partial charge in [0.1, 0.15) is 0 Å². The molecule has 5 rings (SSSR count). The fourth-order valence-corrected chi connectivity index (χ4v) is 12.7. The normalized spacial score (nSPS) is 29.2. The van der Waals surface area contributed by atoms with Gasteiger partial charge in [-0.1, -0.05) is 128 Å². The maximum Gasteiger partial charge on any atom is 0.0936 e. The number of hydrogen-bond donors (Lipinski definition) is 0. The summed E-state index contributed by atoms with van der Waals surface area (Å²) in [5, 5.41) is 0. The van der Waals surface area contributed by atoms with Crippen LogP contribution in [0.25, 0.3) is 0 Å².